The smallest absolute Gasteiger partial charge is 0.219 e. The van der Waals surface area contributed by atoms with Crippen LogP contribution in [0.15, 0.2) is 53.7 Å². The molecule has 0 saturated carbocycles. The molecular weight excluding hydrogens is 407 g/mol. The fourth-order valence-electron chi connectivity index (χ4n) is 3.49. The normalized spacial score (nSPS) is 12.6. The predicted octanol–water partition coefficient (Wildman–Crippen LogP) is 5.83. The van der Waals surface area contributed by atoms with Crippen LogP contribution < -0.4 is 5.32 Å². The van der Waals surface area contributed by atoms with Gasteiger partial charge in [-0.15, -0.1) is 0 Å². The van der Waals surface area contributed by atoms with Crippen LogP contribution in [0, 0.1) is 12.9 Å². The Morgan fingerprint density at radius 2 is 1.91 bits per heavy atom. The second kappa shape index (κ2) is 10.9. The molecule has 0 fully saturated rings. The van der Waals surface area contributed by atoms with Gasteiger partial charge in [0.2, 0.25) is 5.95 Å². The Labute approximate surface area is 189 Å². The molecule has 1 N–H and O–H groups in total. The standard InChI is InChI=1S/C25H31FN4O2/c1-6-7-16-32-29-17(2)19-12-14-20(15-13-19)21-10-8-9-11-22(21)27-25(31-5)23-18(3)28-30(4)24(23)26/h8-15,25,27H,6-7,16H2,1-5H3/b29-17-. The first kappa shape index (κ1) is 23.5. The van der Waals surface area contributed by atoms with E-state index in [0.29, 0.717) is 17.9 Å². The highest BCUT2D eigenvalue weighted by molar-refractivity contribution is 5.98. The van der Waals surface area contributed by atoms with Gasteiger partial charge in [-0.25, -0.2) is 4.68 Å². The van der Waals surface area contributed by atoms with E-state index in [0.717, 1.165) is 40.9 Å². The molecule has 0 aliphatic heterocycles. The zero-order valence-electron chi connectivity index (χ0n) is 19.4. The maximum atomic E-state index is 14.6. The summed E-state index contributed by atoms with van der Waals surface area (Å²) in [5, 5.41) is 11.7. The van der Waals surface area contributed by atoms with Gasteiger partial charge in [0.1, 0.15) is 6.61 Å². The van der Waals surface area contributed by atoms with Crippen molar-refractivity contribution in [3.63, 3.8) is 0 Å². The molecule has 0 aliphatic carbocycles. The average molecular weight is 439 g/mol. The van der Waals surface area contributed by atoms with Gasteiger partial charge < -0.3 is 14.9 Å². The number of halogens is 1. The highest BCUT2D eigenvalue weighted by Crippen LogP contribution is 2.32. The minimum absolute atomic E-state index is 0.398. The van der Waals surface area contributed by atoms with E-state index in [1.165, 1.54) is 4.68 Å². The van der Waals surface area contributed by atoms with Gasteiger partial charge in [-0.3, -0.25) is 0 Å². The number of nitrogens with one attached hydrogen (secondary N) is 1. The van der Waals surface area contributed by atoms with Crippen LogP contribution in [0.25, 0.3) is 11.1 Å². The Morgan fingerprint density at radius 1 is 1.19 bits per heavy atom. The number of aromatic nitrogens is 2. The Hall–Kier alpha value is -3.19. The highest BCUT2D eigenvalue weighted by Gasteiger charge is 2.23. The molecule has 1 atom stereocenters. The van der Waals surface area contributed by atoms with Gasteiger partial charge in [0, 0.05) is 25.4 Å². The number of para-hydroxylation sites is 1. The molecule has 3 rings (SSSR count). The summed E-state index contributed by atoms with van der Waals surface area (Å²) in [5.74, 6) is -0.417. The molecule has 0 aliphatic rings. The van der Waals surface area contributed by atoms with Crippen LogP contribution in [0.2, 0.25) is 0 Å². The Kier molecular flexibility index (Phi) is 8.00. The number of oxime groups is 1. The summed E-state index contributed by atoms with van der Waals surface area (Å²) >= 11 is 0. The monoisotopic (exact) mass is 438 g/mol. The summed E-state index contributed by atoms with van der Waals surface area (Å²) in [7, 11) is 3.12. The van der Waals surface area contributed by atoms with Gasteiger partial charge >= 0.3 is 0 Å². The van der Waals surface area contributed by atoms with Crippen LogP contribution in [0.5, 0.6) is 0 Å². The van der Waals surface area contributed by atoms with Crippen molar-refractivity contribution in [2.75, 3.05) is 19.0 Å². The topological polar surface area (TPSA) is 60.7 Å². The number of aryl methyl sites for hydroxylation is 2. The first-order valence-electron chi connectivity index (χ1n) is 10.8. The Balaban J connectivity index is 1.83. The number of ether oxygens (including phenoxy) is 1. The van der Waals surface area contributed by atoms with E-state index in [2.05, 4.69) is 22.5 Å². The summed E-state index contributed by atoms with van der Waals surface area (Å²) < 4.78 is 21.4. The minimum atomic E-state index is -0.668. The first-order chi connectivity index (χ1) is 15.5. The van der Waals surface area contributed by atoms with E-state index in [1.54, 1.807) is 21.1 Å². The maximum absolute atomic E-state index is 14.6. The summed E-state index contributed by atoms with van der Waals surface area (Å²) in [6.45, 7) is 6.45. The van der Waals surface area contributed by atoms with E-state index >= 15 is 0 Å². The molecule has 0 spiro atoms. The summed E-state index contributed by atoms with van der Waals surface area (Å²) in [5.41, 5.74) is 5.66. The molecular formula is C25H31FN4O2. The van der Waals surface area contributed by atoms with Crippen molar-refractivity contribution >= 4 is 11.4 Å². The largest absolute Gasteiger partial charge is 0.396 e. The van der Waals surface area contributed by atoms with Crippen molar-refractivity contribution in [1.29, 1.82) is 0 Å². The Bertz CT molecular complexity index is 1060. The van der Waals surface area contributed by atoms with E-state index in [4.69, 9.17) is 9.57 Å². The van der Waals surface area contributed by atoms with Gasteiger partial charge in [-0.2, -0.15) is 9.49 Å². The number of nitrogens with zero attached hydrogens (tertiary/aromatic N) is 3. The number of methoxy groups -OCH3 is 1. The number of hydrogen-bond acceptors (Lipinski definition) is 5. The van der Waals surface area contributed by atoms with E-state index < -0.39 is 12.2 Å². The molecule has 1 aromatic heterocycles. The van der Waals surface area contributed by atoms with Gasteiger partial charge in [-0.05, 0) is 37.5 Å². The molecule has 0 bridgehead atoms. The van der Waals surface area contributed by atoms with Crippen molar-refractivity contribution in [3.8, 4) is 11.1 Å². The molecule has 0 radical (unpaired) electrons. The molecule has 2 aromatic carbocycles. The number of hydrogen-bond donors (Lipinski definition) is 1. The van der Waals surface area contributed by atoms with Gasteiger partial charge in [0.15, 0.2) is 6.23 Å². The molecule has 3 aromatic rings. The number of rotatable bonds is 10. The predicted molar refractivity (Wildman–Crippen MR) is 126 cm³/mol. The molecule has 7 heteroatoms. The van der Waals surface area contributed by atoms with Crippen LogP contribution >= 0.6 is 0 Å². The van der Waals surface area contributed by atoms with E-state index in [9.17, 15) is 4.39 Å². The number of unbranched alkanes of at least 4 members (excludes halogenated alkanes) is 1. The van der Waals surface area contributed by atoms with E-state index in [1.807, 2.05) is 55.5 Å². The SMILES string of the molecule is CCCCO/N=C(/C)c1ccc(-c2ccccc2NC(OC)c2c(C)nn(C)c2F)cc1. The second-order valence-electron chi connectivity index (χ2n) is 7.66. The van der Waals surface area contributed by atoms with Crippen molar-refractivity contribution in [1.82, 2.24) is 9.78 Å². The molecule has 32 heavy (non-hydrogen) atoms. The Morgan fingerprint density at radius 3 is 2.53 bits per heavy atom. The van der Waals surface area contributed by atoms with Crippen LogP contribution in [-0.2, 0) is 16.6 Å². The third-order valence-corrected chi connectivity index (χ3v) is 5.31. The lowest BCUT2D eigenvalue weighted by atomic mass is 10.0. The molecule has 1 heterocycles. The quantitative estimate of drug-likeness (QED) is 0.187. The van der Waals surface area contributed by atoms with Gasteiger partial charge in [-0.1, -0.05) is 61.0 Å². The van der Waals surface area contributed by atoms with Crippen LogP contribution in [0.3, 0.4) is 0 Å². The van der Waals surface area contributed by atoms with E-state index in [-0.39, 0.29) is 0 Å². The van der Waals surface area contributed by atoms with Crippen LogP contribution in [0.1, 0.15) is 49.7 Å². The summed E-state index contributed by atoms with van der Waals surface area (Å²) in [6.07, 6.45) is 1.40. The molecule has 6 nitrogen and oxygen atoms in total. The van der Waals surface area contributed by atoms with Crippen molar-refractivity contribution in [2.45, 2.75) is 39.8 Å². The number of benzene rings is 2. The fraction of sp³-hybridized carbons (Fsp3) is 0.360. The lowest BCUT2D eigenvalue weighted by molar-refractivity contribution is 0.122. The second-order valence-corrected chi connectivity index (χ2v) is 7.66. The third-order valence-electron chi connectivity index (χ3n) is 5.31. The van der Waals surface area contributed by atoms with Gasteiger partial charge in [0.05, 0.1) is 17.0 Å². The van der Waals surface area contributed by atoms with Gasteiger partial charge in [0.25, 0.3) is 0 Å². The lowest BCUT2D eigenvalue weighted by Gasteiger charge is -2.20. The van der Waals surface area contributed by atoms with Crippen molar-refractivity contribution in [3.05, 3.63) is 71.3 Å². The van der Waals surface area contributed by atoms with Crippen LogP contribution in [-0.4, -0.2) is 29.2 Å². The van der Waals surface area contributed by atoms with Crippen molar-refractivity contribution < 1.29 is 14.0 Å². The molecule has 0 saturated heterocycles. The summed E-state index contributed by atoms with van der Waals surface area (Å²) in [6, 6.07) is 16.0. The number of anilines is 1. The van der Waals surface area contributed by atoms with Crippen LogP contribution in [0.4, 0.5) is 10.1 Å². The highest BCUT2D eigenvalue weighted by atomic mass is 19.1. The molecule has 1 unspecified atom stereocenters. The zero-order chi connectivity index (χ0) is 23.1. The zero-order valence-corrected chi connectivity index (χ0v) is 19.4. The third kappa shape index (κ3) is 5.34. The first-order valence-corrected chi connectivity index (χ1v) is 10.8. The molecule has 0 amide bonds. The molecule has 170 valence electrons. The fourth-order valence-corrected chi connectivity index (χ4v) is 3.49. The maximum Gasteiger partial charge on any atom is 0.219 e. The average Bonchev–Trinajstić information content (AvgIpc) is 3.06. The van der Waals surface area contributed by atoms with Crippen molar-refractivity contribution in [2.24, 2.45) is 12.2 Å². The summed E-state index contributed by atoms with van der Waals surface area (Å²) in [4.78, 5) is 5.37. The lowest BCUT2D eigenvalue weighted by Crippen LogP contribution is -2.15. The minimum Gasteiger partial charge on any atom is -0.396 e.